The van der Waals surface area contributed by atoms with Crippen molar-refractivity contribution in [1.82, 2.24) is 9.97 Å². The van der Waals surface area contributed by atoms with Crippen molar-refractivity contribution in [2.24, 2.45) is 0 Å². The number of amides is 1. The van der Waals surface area contributed by atoms with E-state index in [0.29, 0.717) is 16.5 Å². The second-order valence-corrected chi connectivity index (χ2v) is 4.26. The molecule has 2 aromatic rings. The van der Waals surface area contributed by atoms with Crippen LogP contribution in [0.1, 0.15) is 16.1 Å². The van der Waals surface area contributed by atoms with Crippen LogP contribution in [0.15, 0.2) is 23.7 Å². The van der Waals surface area contributed by atoms with Gasteiger partial charge in [0.15, 0.2) is 5.13 Å². The smallest absolute Gasteiger partial charge is 0.261 e. The SMILES string of the molecule is CNc1ncccc1C(=O)Nc1nc(C)cs1. The summed E-state index contributed by atoms with van der Waals surface area (Å²) in [4.78, 5) is 20.2. The first-order chi connectivity index (χ1) is 8.20. The fraction of sp³-hybridized carbons (Fsp3) is 0.182. The Labute approximate surface area is 103 Å². The lowest BCUT2D eigenvalue weighted by atomic mass is 10.2. The molecule has 2 heterocycles. The lowest BCUT2D eigenvalue weighted by molar-refractivity contribution is 0.102. The molecular formula is C11H12N4OS. The van der Waals surface area contributed by atoms with Gasteiger partial charge in [-0.3, -0.25) is 10.1 Å². The Balaban J connectivity index is 2.20. The van der Waals surface area contributed by atoms with Crippen molar-refractivity contribution in [3.63, 3.8) is 0 Å². The average Bonchev–Trinajstić information content (AvgIpc) is 2.74. The van der Waals surface area contributed by atoms with Crippen molar-refractivity contribution < 1.29 is 4.79 Å². The third-order valence-corrected chi connectivity index (χ3v) is 3.00. The summed E-state index contributed by atoms with van der Waals surface area (Å²) in [6.45, 7) is 1.88. The zero-order valence-corrected chi connectivity index (χ0v) is 10.3. The van der Waals surface area contributed by atoms with Gasteiger partial charge in [-0.05, 0) is 19.1 Å². The summed E-state index contributed by atoms with van der Waals surface area (Å²) < 4.78 is 0. The highest BCUT2D eigenvalue weighted by molar-refractivity contribution is 7.13. The van der Waals surface area contributed by atoms with Gasteiger partial charge in [-0.1, -0.05) is 0 Å². The maximum absolute atomic E-state index is 12.0. The lowest BCUT2D eigenvalue weighted by Gasteiger charge is -2.06. The number of carbonyl (C=O) groups excluding carboxylic acids is 1. The molecule has 88 valence electrons. The quantitative estimate of drug-likeness (QED) is 0.873. The van der Waals surface area contributed by atoms with Crippen LogP contribution in [-0.4, -0.2) is 22.9 Å². The number of nitrogens with one attached hydrogen (secondary N) is 2. The second kappa shape index (κ2) is 4.92. The van der Waals surface area contributed by atoms with Crippen molar-refractivity contribution in [2.45, 2.75) is 6.92 Å². The van der Waals surface area contributed by atoms with E-state index in [2.05, 4.69) is 20.6 Å². The summed E-state index contributed by atoms with van der Waals surface area (Å²) in [5.41, 5.74) is 1.40. The van der Waals surface area contributed by atoms with Gasteiger partial charge < -0.3 is 5.32 Å². The van der Waals surface area contributed by atoms with Crippen LogP contribution in [0.25, 0.3) is 0 Å². The van der Waals surface area contributed by atoms with Gasteiger partial charge in [0.25, 0.3) is 5.91 Å². The number of anilines is 2. The molecule has 0 spiro atoms. The molecular weight excluding hydrogens is 236 g/mol. The number of hydrogen-bond donors (Lipinski definition) is 2. The first kappa shape index (κ1) is 11.5. The Morgan fingerprint density at radius 1 is 1.47 bits per heavy atom. The lowest BCUT2D eigenvalue weighted by Crippen LogP contribution is -2.14. The van der Waals surface area contributed by atoms with Gasteiger partial charge in [-0.15, -0.1) is 11.3 Å². The molecule has 0 saturated carbocycles. The number of rotatable bonds is 3. The van der Waals surface area contributed by atoms with Crippen molar-refractivity contribution >= 4 is 28.2 Å². The Hall–Kier alpha value is -1.95. The van der Waals surface area contributed by atoms with Crippen LogP contribution in [0.3, 0.4) is 0 Å². The standard InChI is InChI=1S/C11H12N4OS/c1-7-6-17-11(14-7)15-10(16)8-4-3-5-13-9(8)12-2/h3-6H,1-2H3,(H,12,13)(H,14,15,16). The largest absolute Gasteiger partial charge is 0.372 e. The minimum atomic E-state index is -0.211. The molecule has 2 N–H and O–H groups in total. The molecule has 0 aromatic carbocycles. The van der Waals surface area contributed by atoms with E-state index in [-0.39, 0.29) is 5.91 Å². The molecule has 17 heavy (non-hydrogen) atoms. The van der Waals surface area contributed by atoms with Crippen LogP contribution in [-0.2, 0) is 0 Å². The van der Waals surface area contributed by atoms with Gasteiger partial charge in [0, 0.05) is 18.6 Å². The molecule has 2 rings (SSSR count). The van der Waals surface area contributed by atoms with Crippen LogP contribution in [0.4, 0.5) is 10.9 Å². The zero-order chi connectivity index (χ0) is 12.3. The van der Waals surface area contributed by atoms with Crippen molar-refractivity contribution in [3.05, 3.63) is 35.0 Å². The molecule has 0 saturated heterocycles. The molecule has 0 fully saturated rings. The van der Waals surface area contributed by atoms with Gasteiger partial charge >= 0.3 is 0 Å². The number of pyridine rings is 1. The number of aryl methyl sites for hydroxylation is 1. The molecule has 2 aromatic heterocycles. The highest BCUT2D eigenvalue weighted by Gasteiger charge is 2.12. The van der Waals surface area contributed by atoms with Crippen molar-refractivity contribution in [2.75, 3.05) is 17.7 Å². The van der Waals surface area contributed by atoms with E-state index >= 15 is 0 Å². The van der Waals surface area contributed by atoms with E-state index in [4.69, 9.17) is 0 Å². The Morgan fingerprint density at radius 3 is 2.94 bits per heavy atom. The van der Waals surface area contributed by atoms with Gasteiger partial charge in [0.1, 0.15) is 5.82 Å². The summed E-state index contributed by atoms with van der Waals surface area (Å²) in [6.07, 6.45) is 1.64. The Morgan fingerprint density at radius 2 is 2.29 bits per heavy atom. The average molecular weight is 248 g/mol. The van der Waals surface area contributed by atoms with E-state index in [0.717, 1.165) is 5.69 Å². The van der Waals surface area contributed by atoms with E-state index in [1.807, 2.05) is 12.3 Å². The molecule has 0 radical (unpaired) electrons. The molecule has 0 atom stereocenters. The number of thiazole rings is 1. The summed E-state index contributed by atoms with van der Waals surface area (Å²) in [6, 6.07) is 3.44. The van der Waals surface area contributed by atoms with Crippen LogP contribution in [0.5, 0.6) is 0 Å². The fourth-order valence-electron chi connectivity index (χ4n) is 1.36. The first-order valence-electron chi connectivity index (χ1n) is 5.07. The normalized spacial score (nSPS) is 10.0. The molecule has 0 aliphatic rings. The summed E-state index contributed by atoms with van der Waals surface area (Å²) in [5.74, 6) is 0.343. The maximum atomic E-state index is 12.0. The van der Waals surface area contributed by atoms with E-state index in [9.17, 15) is 4.79 Å². The molecule has 0 aliphatic carbocycles. The highest BCUT2D eigenvalue weighted by Crippen LogP contribution is 2.17. The third-order valence-electron chi connectivity index (χ3n) is 2.13. The molecule has 1 amide bonds. The van der Waals surface area contributed by atoms with Crippen molar-refractivity contribution in [1.29, 1.82) is 0 Å². The fourth-order valence-corrected chi connectivity index (χ4v) is 2.05. The van der Waals surface area contributed by atoms with Gasteiger partial charge in [-0.2, -0.15) is 0 Å². The highest BCUT2D eigenvalue weighted by atomic mass is 32.1. The minimum Gasteiger partial charge on any atom is -0.372 e. The first-order valence-corrected chi connectivity index (χ1v) is 5.95. The molecule has 0 aliphatic heterocycles. The maximum Gasteiger partial charge on any atom is 0.261 e. The topological polar surface area (TPSA) is 66.9 Å². The van der Waals surface area contributed by atoms with Crippen LogP contribution >= 0.6 is 11.3 Å². The molecule has 0 unspecified atom stereocenters. The van der Waals surface area contributed by atoms with Gasteiger partial charge in [0.05, 0.1) is 11.3 Å². The van der Waals surface area contributed by atoms with Crippen molar-refractivity contribution in [3.8, 4) is 0 Å². The molecule has 6 heteroatoms. The number of carbonyl (C=O) groups is 1. The summed E-state index contributed by atoms with van der Waals surface area (Å²) >= 11 is 1.40. The summed E-state index contributed by atoms with van der Waals surface area (Å²) in [7, 11) is 1.73. The number of nitrogens with zero attached hydrogens (tertiary/aromatic N) is 2. The predicted octanol–water partition coefficient (Wildman–Crippen LogP) is 2.14. The summed E-state index contributed by atoms with van der Waals surface area (Å²) in [5, 5.41) is 8.10. The van der Waals surface area contributed by atoms with Crippen LogP contribution in [0.2, 0.25) is 0 Å². The van der Waals surface area contributed by atoms with Crippen LogP contribution < -0.4 is 10.6 Å². The third kappa shape index (κ3) is 2.59. The van der Waals surface area contributed by atoms with Gasteiger partial charge in [0.2, 0.25) is 0 Å². The van der Waals surface area contributed by atoms with Crippen LogP contribution in [0, 0.1) is 6.92 Å². The van der Waals surface area contributed by atoms with E-state index < -0.39 is 0 Å². The minimum absolute atomic E-state index is 0.211. The molecule has 0 bridgehead atoms. The van der Waals surface area contributed by atoms with Gasteiger partial charge in [-0.25, -0.2) is 9.97 Å². The second-order valence-electron chi connectivity index (χ2n) is 3.40. The Bertz CT molecular complexity index is 538. The monoisotopic (exact) mass is 248 g/mol. The predicted molar refractivity (Wildman–Crippen MR) is 68.6 cm³/mol. The number of aromatic nitrogens is 2. The number of hydrogen-bond acceptors (Lipinski definition) is 5. The molecule has 5 nitrogen and oxygen atoms in total. The Kier molecular flexibility index (Phi) is 3.34. The van der Waals surface area contributed by atoms with E-state index in [1.54, 1.807) is 25.4 Å². The zero-order valence-electron chi connectivity index (χ0n) is 9.52. The van der Waals surface area contributed by atoms with E-state index in [1.165, 1.54) is 11.3 Å².